The lowest BCUT2D eigenvalue weighted by Gasteiger charge is -2.38. The normalized spacial score (nSPS) is 23.7. The smallest absolute Gasteiger partial charge is 0.169 e. The predicted octanol–water partition coefficient (Wildman–Crippen LogP) is 4.79. The molecule has 1 spiro atoms. The molecule has 7 heteroatoms. The molecule has 2 N–H and O–H groups in total. The van der Waals surface area contributed by atoms with Gasteiger partial charge in [0.15, 0.2) is 16.7 Å². The number of hydrogen-bond acceptors (Lipinski definition) is 5. The van der Waals surface area contributed by atoms with E-state index in [4.69, 9.17) is 20.2 Å². The van der Waals surface area contributed by atoms with E-state index in [9.17, 15) is 4.39 Å². The average Bonchev–Trinajstić information content (AvgIpc) is 2.93. The molecule has 4 rings (SSSR count). The van der Waals surface area contributed by atoms with Crippen molar-refractivity contribution in [1.82, 2.24) is 0 Å². The van der Waals surface area contributed by atoms with Crippen LogP contribution in [0.3, 0.4) is 0 Å². The summed E-state index contributed by atoms with van der Waals surface area (Å²) in [4.78, 5) is 4.81. The van der Waals surface area contributed by atoms with Crippen molar-refractivity contribution in [3.8, 4) is 17.2 Å². The van der Waals surface area contributed by atoms with Crippen LogP contribution in [0, 0.1) is 5.82 Å². The molecule has 130 valence electrons. The van der Waals surface area contributed by atoms with Crippen LogP contribution in [0.25, 0.3) is 0 Å². The highest BCUT2D eigenvalue weighted by atomic mass is 79.9. The highest BCUT2D eigenvalue weighted by Gasteiger charge is 2.52. The lowest BCUT2D eigenvalue weighted by molar-refractivity contribution is 0.358. The first-order valence-electron chi connectivity index (χ1n) is 7.87. The van der Waals surface area contributed by atoms with Gasteiger partial charge in [-0.2, -0.15) is 0 Å². The molecule has 0 fully saturated rings. The Balaban J connectivity index is 2.09. The van der Waals surface area contributed by atoms with Crippen molar-refractivity contribution < 1.29 is 13.9 Å². The van der Waals surface area contributed by atoms with Crippen LogP contribution in [0.2, 0.25) is 0 Å². The van der Waals surface area contributed by atoms with Gasteiger partial charge in [0.2, 0.25) is 0 Å². The number of benzene rings is 2. The van der Waals surface area contributed by atoms with Gasteiger partial charge < -0.3 is 15.2 Å². The molecule has 0 amide bonds. The molecule has 25 heavy (non-hydrogen) atoms. The maximum atomic E-state index is 14.8. The summed E-state index contributed by atoms with van der Waals surface area (Å²) in [6.07, 6.45) is 0.819. The zero-order chi connectivity index (χ0) is 17.8. The number of aliphatic imine (C=N–C) groups is 1. The van der Waals surface area contributed by atoms with Crippen molar-refractivity contribution in [2.75, 3.05) is 7.11 Å². The molecule has 0 saturated heterocycles. The number of thioether (sulfide) groups is 1. The van der Waals surface area contributed by atoms with Crippen molar-refractivity contribution >= 4 is 32.9 Å². The second-order valence-electron chi connectivity index (χ2n) is 5.96. The van der Waals surface area contributed by atoms with Gasteiger partial charge in [0.25, 0.3) is 0 Å². The maximum absolute atomic E-state index is 14.8. The fourth-order valence-corrected chi connectivity index (χ4v) is 5.06. The molecule has 2 aliphatic rings. The maximum Gasteiger partial charge on any atom is 0.169 e. The number of methoxy groups -OCH3 is 1. The Morgan fingerprint density at radius 2 is 2.16 bits per heavy atom. The van der Waals surface area contributed by atoms with Gasteiger partial charge in [-0.25, -0.2) is 9.38 Å². The van der Waals surface area contributed by atoms with Crippen LogP contribution >= 0.6 is 27.7 Å². The van der Waals surface area contributed by atoms with E-state index in [-0.39, 0.29) is 11.0 Å². The second-order valence-corrected chi connectivity index (χ2v) is 8.10. The summed E-state index contributed by atoms with van der Waals surface area (Å²) in [5.41, 5.74) is 6.83. The lowest BCUT2D eigenvalue weighted by Crippen LogP contribution is -2.37. The van der Waals surface area contributed by atoms with Crippen molar-refractivity contribution in [2.45, 2.75) is 24.1 Å². The average molecular weight is 423 g/mol. The van der Waals surface area contributed by atoms with Crippen LogP contribution in [0.1, 0.15) is 24.5 Å². The van der Waals surface area contributed by atoms with E-state index in [1.54, 1.807) is 6.07 Å². The number of ether oxygens (including phenoxy) is 2. The largest absolute Gasteiger partial charge is 0.497 e. The number of amidine groups is 1. The van der Waals surface area contributed by atoms with E-state index in [0.29, 0.717) is 22.2 Å². The molecule has 4 nitrogen and oxygen atoms in total. The first kappa shape index (κ1) is 16.7. The number of hydrogen-bond donors (Lipinski definition) is 1. The highest BCUT2D eigenvalue weighted by Crippen LogP contribution is 2.58. The summed E-state index contributed by atoms with van der Waals surface area (Å²) >= 11 is 5.04. The van der Waals surface area contributed by atoms with E-state index >= 15 is 0 Å². The third kappa shape index (κ3) is 2.36. The molecule has 0 aliphatic carbocycles. The Morgan fingerprint density at radius 3 is 2.88 bits per heavy atom. The molecule has 0 bridgehead atoms. The van der Waals surface area contributed by atoms with Gasteiger partial charge in [-0.1, -0.05) is 34.6 Å². The van der Waals surface area contributed by atoms with Crippen LogP contribution in [0.5, 0.6) is 17.2 Å². The molecule has 2 aliphatic heterocycles. The molecular formula is C18H16BrFN2O2S. The van der Waals surface area contributed by atoms with Crippen LogP contribution in [-0.2, 0) is 5.54 Å². The van der Waals surface area contributed by atoms with Crippen LogP contribution in [0.4, 0.5) is 4.39 Å². The number of fused-ring (bicyclic) bond motifs is 4. The molecule has 2 unspecified atom stereocenters. The van der Waals surface area contributed by atoms with Crippen LogP contribution < -0.4 is 15.2 Å². The number of nitrogens with two attached hydrogens (primary N) is 1. The van der Waals surface area contributed by atoms with Crippen molar-refractivity contribution in [3.63, 3.8) is 0 Å². The summed E-state index contributed by atoms with van der Waals surface area (Å²) in [6.45, 7) is 2.08. The predicted molar refractivity (Wildman–Crippen MR) is 101 cm³/mol. The molecule has 0 radical (unpaired) electrons. The summed E-state index contributed by atoms with van der Waals surface area (Å²) in [6, 6.07) is 8.80. The molecule has 2 aromatic carbocycles. The van der Waals surface area contributed by atoms with Crippen molar-refractivity contribution in [3.05, 3.63) is 51.7 Å². The number of rotatable bonds is 2. The third-order valence-electron chi connectivity index (χ3n) is 4.61. The standard InChI is InChI=1S/C18H16BrFN2O2S/c1-3-15-18(22-17(21)25-15)11-6-9(19)4-5-14(11)24-16-12(18)7-10(23-2)8-13(16)20/h4-8,15H,3H2,1-2H3,(H2,21,22). The topological polar surface area (TPSA) is 56.8 Å². The Kier molecular flexibility index (Phi) is 3.96. The molecular weight excluding hydrogens is 407 g/mol. The third-order valence-corrected chi connectivity index (χ3v) is 6.40. The van der Waals surface area contributed by atoms with Gasteiger partial charge in [0.05, 0.1) is 7.11 Å². The summed E-state index contributed by atoms with van der Waals surface area (Å²) < 4.78 is 26.8. The Morgan fingerprint density at radius 1 is 1.36 bits per heavy atom. The van der Waals surface area contributed by atoms with E-state index < -0.39 is 11.4 Å². The molecule has 0 aromatic heterocycles. The highest BCUT2D eigenvalue weighted by molar-refractivity contribution is 9.10. The molecule has 2 heterocycles. The zero-order valence-electron chi connectivity index (χ0n) is 13.7. The Hall–Kier alpha value is -1.73. The monoisotopic (exact) mass is 422 g/mol. The van der Waals surface area contributed by atoms with Crippen LogP contribution in [0.15, 0.2) is 39.8 Å². The Labute approximate surface area is 157 Å². The van der Waals surface area contributed by atoms with Gasteiger partial charge in [-0.15, -0.1) is 0 Å². The van der Waals surface area contributed by atoms with E-state index in [2.05, 4.69) is 22.9 Å². The second kappa shape index (κ2) is 5.92. The van der Waals surface area contributed by atoms with Gasteiger partial charge in [0, 0.05) is 26.9 Å². The first-order valence-corrected chi connectivity index (χ1v) is 9.54. The van der Waals surface area contributed by atoms with E-state index in [1.807, 2.05) is 18.2 Å². The van der Waals surface area contributed by atoms with Crippen LogP contribution in [-0.4, -0.2) is 17.5 Å². The fraction of sp³-hybridized carbons (Fsp3) is 0.278. The van der Waals surface area contributed by atoms with Gasteiger partial charge >= 0.3 is 0 Å². The van der Waals surface area contributed by atoms with Crippen molar-refractivity contribution in [2.24, 2.45) is 10.7 Å². The molecule has 2 aromatic rings. The Bertz CT molecular complexity index is 905. The minimum Gasteiger partial charge on any atom is -0.497 e. The van der Waals surface area contributed by atoms with Gasteiger partial charge in [0.1, 0.15) is 17.0 Å². The van der Waals surface area contributed by atoms with E-state index in [0.717, 1.165) is 16.5 Å². The fourth-order valence-electron chi connectivity index (χ4n) is 3.57. The number of nitrogens with zero attached hydrogens (tertiary/aromatic N) is 1. The lowest BCUT2D eigenvalue weighted by atomic mass is 9.77. The van der Waals surface area contributed by atoms with Gasteiger partial charge in [-0.05, 0) is 30.7 Å². The summed E-state index contributed by atoms with van der Waals surface area (Å²) in [5, 5.41) is 0.531. The molecule has 0 saturated carbocycles. The minimum absolute atomic E-state index is 0.0368. The molecule has 2 atom stereocenters. The quantitative estimate of drug-likeness (QED) is 0.755. The van der Waals surface area contributed by atoms with E-state index in [1.165, 1.54) is 24.9 Å². The summed E-state index contributed by atoms with van der Waals surface area (Å²) in [5.74, 6) is 0.742. The van der Waals surface area contributed by atoms with Crippen molar-refractivity contribution in [1.29, 1.82) is 0 Å². The summed E-state index contributed by atoms with van der Waals surface area (Å²) in [7, 11) is 1.51. The zero-order valence-corrected chi connectivity index (χ0v) is 16.1. The van der Waals surface area contributed by atoms with Gasteiger partial charge in [-0.3, -0.25) is 0 Å². The SMILES string of the molecule is CCC1SC(N)=NC12c1cc(Br)ccc1Oc1c(F)cc(OC)cc12. The first-order chi connectivity index (χ1) is 12.0. The minimum atomic E-state index is -0.800. The number of halogens is 2.